The lowest BCUT2D eigenvalue weighted by atomic mass is 9.90. The molecule has 1 aromatic carbocycles. The Kier molecular flexibility index (Phi) is 4.33. The average Bonchev–Trinajstić information content (AvgIpc) is 2.53. The number of carbonyl (C=O) groups excluding carboxylic acids is 1. The highest BCUT2D eigenvalue weighted by molar-refractivity contribution is 5.93. The zero-order valence-corrected chi connectivity index (χ0v) is 11.7. The normalized spacial score (nSPS) is 22.1. The molecule has 20 heavy (non-hydrogen) atoms. The van der Waals surface area contributed by atoms with Gasteiger partial charge in [-0.1, -0.05) is 6.07 Å². The Morgan fingerprint density at radius 3 is 2.80 bits per heavy atom. The van der Waals surface area contributed by atoms with Gasteiger partial charge >= 0.3 is 0 Å². The average molecular weight is 275 g/mol. The number of hydroxylamine groups is 1. The van der Waals surface area contributed by atoms with Crippen molar-refractivity contribution in [2.24, 2.45) is 0 Å². The van der Waals surface area contributed by atoms with Gasteiger partial charge in [-0.2, -0.15) is 0 Å². The van der Waals surface area contributed by atoms with Crippen molar-refractivity contribution >= 4 is 5.91 Å². The number of ether oxygens (including phenoxy) is 1. The summed E-state index contributed by atoms with van der Waals surface area (Å²) < 4.78 is 5.42. The molecule has 2 aliphatic rings. The first kappa shape index (κ1) is 13.6. The van der Waals surface area contributed by atoms with Crippen LogP contribution < -0.4 is 5.48 Å². The molecule has 0 spiro atoms. The van der Waals surface area contributed by atoms with E-state index >= 15 is 0 Å². The molecule has 1 atom stereocenters. The summed E-state index contributed by atoms with van der Waals surface area (Å²) in [6.07, 6.45) is 7.35. The minimum absolute atomic E-state index is 0.187. The summed E-state index contributed by atoms with van der Waals surface area (Å²) in [5, 5.41) is 0. The third-order valence-electron chi connectivity index (χ3n) is 4.03. The fraction of sp³-hybridized carbons (Fsp3) is 0.562. The van der Waals surface area contributed by atoms with Crippen molar-refractivity contribution in [3.8, 4) is 0 Å². The molecule has 108 valence electrons. The van der Waals surface area contributed by atoms with Gasteiger partial charge in [0, 0.05) is 18.6 Å². The van der Waals surface area contributed by atoms with Crippen molar-refractivity contribution in [2.45, 2.75) is 51.2 Å². The monoisotopic (exact) mass is 275 g/mol. The molecule has 0 saturated carbocycles. The van der Waals surface area contributed by atoms with Crippen molar-refractivity contribution < 1.29 is 14.4 Å². The van der Waals surface area contributed by atoms with E-state index in [0.29, 0.717) is 12.2 Å². The number of amides is 1. The van der Waals surface area contributed by atoms with Gasteiger partial charge in [0.1, 0.15) is 0 Å². The predicted octanol–water partition coefficient (Wildman–Crippen LogP) is 2.75. The first-order chi connectivity index (χ1) is 9.83. The van der Waals surface area contributed by atoms with Crippen LogP contribution in [0.25, 0.3) is 0 Å². The highest BCUT2D eigenvalue weighted by Gasteiger charge is 2.17. The minimum atomic E-state index is -0.301. The van der Waals surface area contributed by atoms with Gasteiger partial charge in [0.15, 0.2) is 6.29 Å². The maximum absolute atomic E-state index is 12.1. The van der Waals surface area contributed by atoms with Gasteiger partial charge in [-0.25, -0.2) is 10.3 Å². The molecule has 0 bridgehead atoms. The van der Waals surface area contributed by atoms with Gasteiger partial charge in [0.05, 0.1) is 0 Å². The molecule has 1 aromatic rings. The first-order valence-electron chi connectivity index (χ1n) is 7.52. The van der Waals surface area contributed by atoms with Crippen molar-refractivity contribution in [3.05, 3.63) is 34.9 Å². The number of fused-ring (bicyclic) bond motifs is 1. The first-order valence-corrected chi connectivity index (χ1v) is 7.52. The number of nitrogens with one attached hydrogen (secondary N) is 1. The Morgan fingerprint density at radius 2 is 2.00 bits per heavy atom. The van der Waals surface area contributed by atoms with E-state index in [1.165, 1.54) is 24.0 Å². The van der Waals surface area contributed by atoms with E-state index in [4.69, 9.17) is 9.57 Å². The standard InChI is InChI=1S/C16H21NO3/c18-16(17-20-15-7-3-4-10-19-15)14-9-8-12-5-1-2-6-13(12)11-14/h8-9,11,15H,1-7,10H2,(H,17,18). The zero-order valence-electron chi connectivity index (χ0n) is 11.7. The van der Waals surface area contributed by atoms with E-state index < -0.39 is 0 Å². The van der Waals surface area contributed by atoms with Gasteiger partial charge in [-0.15, -0.1) is 0 Å². The Labute approximate surface area is 119 Å². The Balaban J connectivity index is 1.59. The van der Waals surface area contributed by atoms with Crippen molar-refractivity contribution in [3.63, 3.8) is 0 Å². The number of hydrogen-bond donors (Lipinski definition) is 1. The Bertz CT molecular complexity index is 481. The number of aryl methyl sites for hydroxylation is 2. The van der Waals surface area contributed by atoms with Crippen LogP contribution in [0.5, 0.6) is 0 Å². The summed E-state index contributed by atoms with van der Waals surface area (Å²) >= 11 is 0. The molecular weight excluding hydrogens is 254 g/mol. The van der Waals surface area contributed by atoms with Gasteiger partial charge in [0.25, 0.3) is 5.91 Å². The molecule has 0 aromatic heterocycles. The van der Waals surface area contributed by atoms with Gasteiger partial charge < -0.3 is 4.74 Å². The molecule has 1 heterocycles. The van der Waals surface area contributed by atoms with Gasteiger partial charge in [0.2, 0.25) is 0 Å². The molecule has 1 saturated heterocycles. The molecule has 4 heteroatoms. The summed E-state index contributed by atoms with van der Waals surface area (Å²) in [6, 6.07) is 5.94. The van der Waals surface area contributed by atoms with Crippen LogP contribution in [0.3, 0.4) is 0 Å². The van der Waals surface area contributed by atoms with Crippen LogP contribution in [0.2, 0.25) is 0 Å². The lowest BCUT2D eigenvalue weighted by Crippen LogP contribution is -2.33. The van der Waals surface area contributed by atoms with E-state index in [-0.39, 0.29) is 12.2 Å². The van der Waals surface area contributed by atoms with E-state index in [0.717, 1.165) is 32.1 Å². The van der Waals surface area contributed by atoms with E-state index in [1.54, 1.807) is 0 Å². The predicted molar refractivity (Wildman–Crippen MR) is 75.2 cm³/mol. The molecule has 1 unspecified atom stereocenters. The Morgan fingerprint density at radius 1 is 1.15 bits per heavy atom. The summed E-state index contributed by atoms with van der Waals surface area (Å²) in [5.74, 6) is -0.187. The third-order valence-corrected chi connectivity index (χ3v) is 4.03. The topological polar surface area (TPSA) is 47.6 Å². The van der Waals surface area contributed by atoms with Crippen LogP contribution in [0.1, 0.15) is 53.6 Å². The van der Waals surface area contributed by atoms with E-state index in [2.05, 4.69) is 11.5 Å². The molecule has 1 aliphatic heterocycles. The maximum Gasteiger partial charge on any atom is 0.274 e. The molecular formula is C16H21NO3. The second kappa shape index (κ2) is 6.37. The molecule has 4 nitrogen and oxygen atoms in total. The second-order valence-electron chi connectivity index (χ2n) is 5.54. The van der Waals surface area contributed by atoms with Gasteiger partial charge in [-0.3, -0.25) is 4.79 Å². The zero-order chi connectivity index (χ0) is 13.8. The number of hydrogen-bond acceptors (Lipinski definition) is 3. The number of benzene rings is 1. The molecule has 1 amide bonds. The van der Waals surface area contributed by atoms with Crippen LogP contribution in [0.15, 0.2) is 18.2 Å². The number of rotatable bonds is 3. The largest absolute Gasteiger partial charge is 0.350 e. The van der Waals surface area contributed by atoms with E-state index in [1.807, 2.05) is 12.1 Å². The quantitative estimate of drug-likeness (QED) is 0.863. The lowest BCUT2D eigenvalue weighted by Gasteiger charge is -2.22. The van der Waals surface area contributed by atoms with Crippen LogP contribution >= 0.6 is 0 Å². The minimum Gasteiger partial charge on any atom is -0.350 e. The summed E-state index contributed by atoms with van der Waals surface area (Å²) in [4.78, 5) is 17.4. The third kappa shape index (κ3) is 3.19. The number of carbonyl (C=O) groups is 1. The van der Waals surface area contributed by atoms with Gasteiger partial charge in [-0.05, 0) is 61.8 Å². The highest BCUT2D eigenvalue weighted by atomic mass is 16.8. The lowest BCUT2D eigenvalue weighted by molar-refractivity contribution is -0.186. The fourth-order valence-electron chi connectivity index (χ4n) is 2.86. The molecule has 1 fully saturated rings. The summed E-state index contributed by atoms with van der Waals surface area (Å²) in [5.41, 5.74) is 5.86. The molecule has 0 radical (unpaired) electrons. The smallest absolute Gasteiger partial charge is 0.274 e. The molecule has 3 rings (SSSR count). The van der Waals surface area contributed by atoms with Crippen LogP contribution in [-0.2, 0) is 22.4 Å². The van der Waals surface area contributed by atoms with Crippen molar-refractivity contribution in [2.75, 3.05) is 6.61 Å². The van der Waals surface area contributed by atoms with Crippen LogP contribution in [0.4, 0.5) is 0 Å². The summed E-state index contributed by atoms with van der Waals surface area (Å²) in [7, 11) is 0. The Hall–Kier alpha value is -1.39. The van der Waals surface area contributed by atoms with E-state index in [9.17, 15) is 4.79 Å². The van der Waals surface area contributed by atoms with Crippen molar-refractivity contribution in [1.29, 1.82) is 0 Å². The van der Waals surface area contributed by atoms with Crippen molar-refractivity contribution in [1.82, 2.24) is 5.48 Å². The molecule has 1 aliphatic carbocycles. The molecule has 1 N–H and O–H groups in total. The maximum atomic E-state index is 12.1. The SMILES string of the molecule is O=C(NOC1CCCCO1)c1ccc2c(c1)CCCC2. The van der Waals surface area contributed by atoms with Crippen LogP contribution in [-0.4, -0.2) is 18.8 Å². The van der Waals surface area contributed by atoms with Crippen LogP contribution in [0, 0.1) is 0 Å². The highest BCUT2D eigenvalue weighted by Crippen LogP contribution is 2.22. The fourth-order valence-corrected chi connectivity index (χ4v) is 2.86. The summed E-state index contributed by atoms with van der Waals surface area (Å²) in [6.45, 7) is 0.708. The second-order valence-corrected chi connectivity index (χ2v) is 5.54.